The number of piperidine rings is 1. The highest BCUT2D eigenvalue weighted by molar-refractivity contribution is 5.78. The van der Waals surface area contributed by atoms with E-state index < -0.39 is 0 Å². The molecule has 0 aromatic carbocycles. The van der Waals surface area contributed by atoms with Crippen LogP contribution in [0.2, 0.25) is 0 Å². The standard InChI is InChI=1S/C22H42N2O/c1-17(2)21-8-6-20(7-9-21)16-23(5)13-10-19-11-14-24(15-12-19)22(25)18(3)4/h17-21H,6-16H2,1-5H3. The van der Waals surface area contributed by atoms with Gasteiger partial charge in [0.2, 0.25) is 5.91 Å². The van der Waals surface area contributed by atoms with Gasteiger partial charge >= 0.3 is 0 Å². The zero-order valence-corrected chi connectivity index (χ0v) is 17.5. The first-order chi connectivity index (χ1) is 11.9. The van der Waals surface area contributed by atoms with Gasteiger partial charge < -0.3 is 9.80 Å². The topological polar surface area (TPSA) is 23.6 Å². The predicted octanol–water partition coefficient (Wildman–Crippen LogP) is 4.67. The average Bonchev–Trinajstić information content (AvgIpc) is 2.60. The highest BCUT2D eigenvalue weighted by Crippen LogP contribution is 2.33. The molecule has 3 nitrogen and oxygen atoms in total. The predicted molar refractivity (Wildman–Crippen MR) is 107 cm³/mol. The third kappa shape index (κ3) is 6.58. The number of hydrogen-bond donors (Lipinski definition) is 0. The van der Waals surface area contributed by atoms with Gasteiger partial charge in [0.15, 0.2) is 0 Å². The van der Waals surface area contributed by atoms with Crippen LogP contribution in [0.4, 0.5) is 0 Å². The summed E-state index contributed by atoms with van der Waals surface area (Å²) in [5, 5.41) is 0. The van der Waals surface area contributed by atoms with Crippen molar-refractivity contribution in [3.8, 4) is 0 Å². The number of carbonyl (C=O) groups is 1. The third-order valence-electron chi connectivity index (χ3n) is 6.74. The van der Waals surface area contributed by atoms with Crippen LogP contribution >= 0.6 is 0 Å². The molecule has 1 aliphatic carbocycles. The second-order valence-electron chi connectivity index (χ2n) is 9.50. The minimum Gasteiger partial charge on any atom is -0.342 e. The fourth-order valence-electron chi connectivity index (χ4n) is 4.78. The summed E-state index contributed by atoms with van der Waals surface area (Å²) >= 11 is 0. The van der Waals surface area contributed by atoms with Gasteiger partial charge in [-0.25, -0.2) is 0 Å². The maximum atomic E-state index is 12.1. The average molecular weight is 351 g/mol. The molecule has 2 rings (SSSR count). The Labute approximate surface area is 156 Å². The Morgan fingerprint density at radius 2 is 1.56 bits per heavy atom. The Kier molecular flexibility index (Phi) is 8.25. The van der Waals surface area contributed by atoms with E-state index in [9.17, 15) is 4.79 Å². The van der Waals surface area contributed by atoms with Crippen molar-refractivity contribution in [3.05, 3.63) is 0 Å². The summed E-state index contributed by atoms with van der Waals surface area (Å²) in [6.45, 7) is 13.3. The largest absolute Gasteiger partial charge is 0.342 e. The van der Waals surface area contributed by atoms with Crippen LogP contribution in [0.25, 0.3) is 0 Å². The van der Waals surface area contributed by atoms with Crippen molar-refractivity contribution in [3.63, 3.8) is 0 Å². The second kappa shape index (κ2) is 9.94. The molecule has 25 heavy (non-hydrogen) atoms. The van der Waals surface area contributed by atoms with E-state index in [0.29, 0.717) is 5.91 Å². The van der Waals surface area contributed by atoms with Crippen LogP contribution in [0.1, 0.15) is 72.6 Å². The van der Waals surface area contributed by atoms with E-state index in [1.807, 2.05) is 13.8 Å². The van der Waals surface area contributed by atoms with Gasteiger partial charge in [-0.15, -0.1) is 0 Å². The van der Waals surface area contributed by atoms with E-state index in [4.69, 9.17) is 0 Å². The molecule has 2 fully saturated rings. The summed E-state index contributed by atoms with van der Waals surface area (Å²) in [6, 6.07) is 0. The summed E-state index contributed by atoms with van der Waals surface area (Å²) < 4.78 is 0. The van der Waals surface area contributed by atoms with Crippen molar-refractivity contribution >= 4 is 5.91 Å². The Hall–Kier alpha value is -0.570. The summed E-state index contributed by atoms with van der Waals surface area (Å²) in [5.74, 6) is 4.06. The molecule has 146 valence electrons. The van der Waals surface area contributed by atoms with Crippen LogP contribution in [0.3, 0.4) is 0 Å². The van der Waals surface area contributed by atoms with E-state index in [1.165, 1.54) is 58.0 Å². The van der Waals surface area contributed by atoms with Gasteiger partial charge in [-0.2, -0.15) is 0 Å². The van der Waals surface area contributed by atoms with E-state index in [1.54, 1.807) is 0 Å². The van der Waals surface area contributed by atoms with Gasteiger partial charge in [-0.3, -0.25) is 4.79 Å². The number of nitrogens with zero attached hydrogens (tertiary/aromatic N) is 2. The van der Waals surface area contributed by atoms with Crippen LogP contribution in [-0.4, -0.2) is 48.9 Å². The van der Waals surface area contributed by atoms with Gasteiger partial charge in [-0.1, -0.05) is 27.7 Å². The molecule has 1 amide bonds. The van der Waals surface area contributed by atoms with Crippen molar-refractivity contribution in [1.29, 1.82) is 0 Å². The molecule has 0 aromatic heterocycles. The fraction of sp³-hybridized carbons (Fsp3) is 0.955. The van der Waals surface area contributed by atoms with Crippen LogP contribution in [-0.2, 0) is 4.79 Å². The molecule has 0 unspecified atom stereocenters. The summed E-state index contributed by atoms with van der Waals surface area (Å²) in [4.78, 5) is 16.7. The second-order valence-corrected chi connectivity index (χ2v) is 9.50. The number of rotatable bonds is 7. The minimum atomic E-state index is 0.147. The fourth-order valence-corrected chi connectivity index (χ4v) is 4.78. The molecule has 0 bridgehead atoms. The molecule has 1 saturated heterocycles. The number of amides is 1. The van der Waals surface area contributed by atoms with Crippen molar-refractivity contribution in [1.82, 2.24) is 9.80 Å². The lowest BCUT2D eigenvalue weighted by molar-refractivity contribution is -0.135. The molecule has 0 aromatic rings. The minimum absolute atomic E-state index is 0.147. The van der Waals surface area contributed by atoms with Crippen LogP contribution in [0.5, 0.6) is 0 Å². The van der Waals surface area contributed by atoms with Gasteiger partial charge in [0.1, 0.15) is 0 Å². The lowest BCUT2D eigenvalue weighted by Crippen LogP contribution is -2.41. The zero-order valence-electron chi connectivity index (χ0n) is 17.5. The van der Waals surface area contributed by atoms with E-state index in [0.717, 1.165) is 36.8 Å². The molecule has 0 atom stereocenters. The van der Waals surface area contributed by atoms with Crippen LogP contribution in [0, 0.1) is 29.6 Å². The number of carbonyl (C=O) groups excluding carboxylic acids is 1. The molecule has 0 N–H and O–H groups in total. The molecule has 1 aliphatic heterocycles. The van der Waals surface area contributed by atoms with E-state index >= 15 is 0 Å². The first kappa shape index (κ1) is 20.7. The lowest BCUT2D eigenvalue weighted by atomic mass is 9.77. The van der Waals surface area contributed by atoms with Gasteiger partial charge in [0.05, 0.1) is 0 Å². The van der Waals surface area contributed by atoms with Crippen LogP contribution in [0.15, 0.2) is 0 Å². The maximum absolute atomic E-state index is 12.1. The maximum Gasteiger partial charge on any atom is 0.225 e. The SMILES string of the molecule is CC(C)C(=O)N1CCC(CCN(C)CC2CCC(C(C)C)CC2)CC1. The molecule has 3 heteroatoms. The molecule has 0 radical (unpaired) electrons. The zero-order chi connectivity index (χ0) is 18.4. The lowest BCUT2D eigenvalue weighted by Gasteiger charge is -2.35. The van der Waals surface area contributed by atoms with Crippen molar-refractivity contribution in [2.75, 3.05) is 33.2 Å². The number of hydrogen-bond acceptors (Lipinski definition) is 2. The van der Waals surface area contributed by atoms with E-state index in [2.05, 4.69) is 30.7 Å². The third-order valence-corrected chi connectivity index (χ3v) is 6.74. The quantitative estimate of drug-likeness (QED) is 0.666. The van der Waals surface area contributed by atoms with Crippen molar-refractivity contribution in [2.45, 2.75) is 72.6 Å². The van der Waals surface area contributed by atoms with Crippen molar-refractivity contribution < 1.29 is 4.79 Å². The molecular weight excluding hydrogens is 308 g/mol. The summed E-state index contributed by atoms with van der Waals surface area (Å²) in [7, 11) is 2.31. The van der Waals surface area contributed by atoms with E-state index in [-0.39, 0.29) is 5.92 Å². The Bertz CT molecular complexity index is 391. The van der Waals surface area contributed by atoms with Gasteiger partial charge in [0, 0.05) is 25.6 Å². The molecular formula is C22H42N2O. The normalized spacial score (nSPS) is 26.0. The molecule has 1 saturated carbocycles. The summed E-state index contributed by atoms with van der Waals surface area (Å²) in [6.07, 6.45) is 9.46. The Morgan fingerprint density at radius 1 is 0.960 bits per heavy atom. The Balaban J connectivity index is 1.60. The smallest absolute Gasteiger partial charge is 0.225 e. The number of likely N-dealkylation sites (tertiary alicyclic amines) is 1. The van der Waals surface area contributed by atoms with Crippen LogP contribution < -0.4 is 0 Å². The van der Waals surface area contributed by atoms with Gasteiger partial charge in [-0.05, 0) is 82.2 Å². The first-order valence-corrected chi connectivity index (χ1v) is 10.8. The first-order valence-electron chi connectivity index (χ1n) is 10.8. The highest BCUT2D eigenvalue weighted by Gasteiger charge is 2.26. The highest BCUT2D eigenvalue weighted by atomic mass is 16.2. The van der Waals surface area contributed by atoms with Gasteiger partial charge in [0.25, 0.3) is 0 Å². The van der Waals surface area contributed by atoms with Crippen molar-refractivity contribution in [2.24, 2.45) is 29.6 Å². The molecule has 1 heterocycles. The monoisotopic (exact) mass is 350 g/mol. The Morgan fingerprint density at radius 3 is 2.08 bits per heavy atom. The molecule has 2 aliphatic rings. The summed E-state index contributed by atoms with van der Waals surface area (Å²) in [5.41, 5.74) is 0. The molecule has 0 spiro atoms.